The fourth-order valence-electron chi connectivity index (χ4n) is 5.45. The summed E-state index contributed by atoms with van der Waals surface area (Å²) in [7, 11) is 0. The molecule has 0 aliphatic heterocycles. The van der Waals surface area contributed by atoms with Crippen LogP contribution in [0.2, 0.25) is 0 Å². The van der Waals surface area contributed by atoms with Crippen molar-refractivity contribution in [2.24, 2.45) is 22.7 Å². The largest absolute Gasteiger partial charge is 0.394 e. The molecule has 0 aromatic rings. The summed E-state index contributed by atoms with van der Waals surface area (Å²) in [5.74, 6) is 1.56. The maximum Gasteiger partial charge on any atom is 0.226 e. The maximum atomic E-state index is 12.6. The van der Waals surface area contributed by atoms with Gasteiger partial charge in [0.25, 0.3) is 0 Å². The van der Waals surface area contributed by atoms with Crippen LogP contribution in [0.5, 0.6) is 0 Å². The average Bonchev–Trinajstić information content (AvgIpc) is 2.32. The van der Waals surface area contributed by atoms with Gasteiger partial charge in [-0.2, -0.15) is 0 Å². The van der Waals surface area contributed by atoms with Gasteiger partial charge in [0.15, 0.2) is 0 Å². The first-order valence-electron chi connectivity index (χ1n) is 7.52. The summed E-state index contributed by atoms with van der Waals surface area (Å²) in [4.78, 5) is 12.6. The standard InChI is InChI=1S/C15H25NO3/c1-14-3-10-2-11(4-14)6-15(5-10,9-14)13(19)16-7-12(18)8-17/h10-12,17-18H,2-9H2,1H3,(H,16,19). The zero-order valence-corrected chi connectivity index (χ0v) is 11.7. The van der Waals surface area contributed by atoms with E-state index in [1.165, 1.54) is 19.3 Å². The zero-order valence-electron chi connectivity index (χ0n) is 11.7. The van der Waals surface area contributed by atoms with Crippen molar-refractivity contribution < 1.29 is 15.0 Å². The molecule has 4 aliphatic rings. The van der Waals surface area contributed by atoms with E-state index in [-0.39, 0.29) is 24.5 Å². The predicted molar refractivity (Wildman–Crippen MR) is 71.3 cm³/mol. The maximum absolute atomic E-state index is 12.6. The lowest BCUT2D eigenvalue weighted by Gasteiger charge is -2.60. The van der Waals surface area contributed by atoms with Gasteiger partial charge in [-0.25, -0.2) is 0 Å². The Kier molecular flexibility index (Phi) is 3.13. The molecule has 4 bridgehead atoms. The Hall–Kier alpha value is -0.610. The molecule has 19 heavy (non-hydrogen) atoms. The van der Waals surface area contributed by atoms with E-state index in [4.69, 9.17) is 5.11 Å². The SMILES string of the molecule is CC12CC3CC(C1)CC(C(=O)NCC(O)CO)(C3)C2. The van der Waals surface area contributed by atoms with Crippen molar-refractivity contribution in [3.8, 4) is 0 Å². The Balaban J connectivity index is 1.71. The normalized spacial score (nSPS) is 45.2. The molecule has 108 valence electrons. The van der Waals surface area contributed by atoms with Gasteiger partial charge in [-0.3, -0.25) is 4.79 Å². The molecule has 3 atom stereocenters. The minimum Gasteiger partial charge on any atom is -0.394 e. The van der Waals surface area contributed by atoms with Gasteiger partial charge < -0.3 is 15.5 Å². The summed E-state index contributed by atoms with van der Waals surface area (Å²) >= 11 is 0. The first-order chi connectivity index (χ1) is 8.95. The topological polar surface area (TPSA) is 69.6 Å². The van der Waals surface area contributed by atoms with Crippen LogP contribution in [-0.4, -0.2) is 35.4 Å². The summed E-state index contributed by atoms with van der Waals surface area (Å²) in [5, 5.41) is 21.1. The Bertz CT molecular complexity index is 368. The minimum atomic E-state index is -0.839. The number of aliphatic hydroxyl groups is 2. The minimum absolute atomic E-state index is 0.111. The van der Waals surface area contributed by atoms with Crippen LogP contribution in [-0.2, 0) is 4.79 Å². The third-order valence-electron chi connectivity index (χ3n) is 5.54. The molecule has 4 rings (SSSR count). The van der Waals surface area contributed by atoms with Gasteiger partial charge >= 0.3 is 0 Å². The lowest BCUT2D eigenvalue weighted by Crippen LogP contribution is -2.57. The number of hydrogen-bond acceptors (Lipinski definition) is 3. The fraction of sp³-hybridized carbons (Fsp3) is 0.933. The monoisotopic (exact) mass is 267 g/mol. The molecule has 4 nitrogen and oxygen atoms in total. The van der Waals surface area contributed by atoms with E-state index < -0.39 is 6.10 Å². The van der Waals surface area contributed by atoms with E-state index in [0.29, 0.717) is 5.41 Å². The molecule has 4 heteroatoms. The number of hydrogen-bond donors (Lipinski definition) is 3. The summed E-state index contributed by atoms with van der Waals surface area (Å²) < 4.78 is 0. The average molecular weight is 267 g/mol. The van der Waals surface area contributed by atoms with Crippen LogP contribution >= 0.6 is 0 Å². The van der Waals surface area contributed by atoms with Crippen LogP contribution in [0.1, 0.15) is 45.4 Å². The van der Waals surface area contributed by atoms with E-state index in [0.717, 1.165) is 31.1 Å². The van der Waals surface area contributed by atoms with Gasteiger partial charge in [-0.05, 0) is 55.8 Å². The molecule has 3 unspecified atom stereocenters. The van der Waals surface area contributed by atoms with Gasteiger partial charge in [0.2, 0.25) is 5.91 Å². The van der Waals surface area contributed by atoms with E-state index in [9.17, 15) is 9.90 Å². The zero-order chi connectivity index (χ0) is 13.7. The Morgan fingerprint density at radius 3 is 2.47 bits per heavy atom. The van der Waals surface area contributed by atoms with Crippen molar-refractivity contribution in [1.82, 2.24) is 5.32 Å². The van der Waals surface area contributed by atoms with Crippen LogP contribution in [0, 0.1) is 22.7 Å². The molecule has 0 aromatic heterocycles. The Labute approximate surface area is 114 Å². The highest BCUT2D eigenvalue weighted by molar-refractivity contribution is 5.83. The number of nitrogens with one attached hydrogen (secondary N) is 1. The van der Waals surface area contributed by atoms with E-state index >= 15 is 0 Å². The molecule has 0 saturated heterocycles. The van der Waals surface area contributed by atoms with Crippen molar-refractivity contribution in [3.63, 3.8) is 0 Å². The van der Waals surface area contributed by atoms with Crippen LogP contribution in [0.15, 0.2) is 0 Å². The molecule has 4 aliphatic carbocycles. The van der Waals surface area contributed by atoms with Crippen LogP contribution in [0.3, 0.4) is 0 Å². The lowest BCUT2D eigenvalue weighted by molar-refractivity contribution is -0.155. The van der Waals surface area contributed by atoms with Crippen LogP contribution < -0.4 is 5.32 Å². The smallest absolute Gasteiger partial charge is 0.226 e. The first kappa shape index (κ1) is 13.4. The number of carbonyl (C=O) groups excluding carboxylic acids is 1. The molecule has 0 spiro atoms. The van der Waals surface area contributed by atoms with E-state index in [2.05, 4.69) is 12.2 Å². The molecule has 0 heterocycles. The molecule has 1 amide bonds. The second-order valence-corrected chi connectivity index (χ2v) is 7.60. The van der Waals surface area contributed by atoms with Crippen molar-refractivity contribution in [3.05, 3.63) is 0 Å². The molecule has 0 radical (unpaired) electrons. The number of amides is 1. The van der Waals surface area contributed by atoms with Gasteiger partial charge in [0.1, 0.15) is 0 Å². The Morgan fingerprint density at radius 2 is 1.95 bits per heavy atom. The second kappa shape index (κ2) is 4.45. The fourth-order valence-corrected chi connectivity index (χ4v) is 5.45. The van der Waals surface area contributed by atoms with Gasteiger partial charge in [0.05, 0.1) is 18.1 Å². The molecule has 4 fully saturated rings. The second-order valence-electron chi connectivity index (χ2n) is 7.60. The van der Waals surface area contributed by atoms with Gasteiger partial charge in [0, 0.05) is 6.54 Å². The van der Waals surface area contributed by atoms with E-state index in [1.807, 2.05) is 0 Å². The molecular weight excluding hydrogens is 242 g/mol. The predicted octanol–water partition coefficient (Wildman–Crippen LogP) is 1.06. The summed E-state index contributed by atoms with van der Waals surface area (Å²) in [6, 6.07) is 0. The third-order valence-corrected chi connectivity index (χ3v) is 5.54. The van der Waals surface area contributed by atoms with Crippen molar-refractivity contribution in [1.29, 1.82) is 0 Å². The molecular formula is C15H25NO3. The number of aliphatic hydroxyl groups excluding tert-OH is 2. The summed E-state index contributed by atoms with van der Waals surface area (Å²) in [6.07, 6.45) is 6.11. The third kappa shape index (κ3) is 2.29. The quantitative estimate of drug-likeness (QED) is 0.713. The van der Waals surface area contributed by atoms with Crippen molar-refractivity contribution in [2.45, 2.75) is 51.6 Å². The summed E-state index contributed by atoms with van der Waals surface area (Å²) in [6.45, 7) is 2.22. The number of rotatable bonds is 4. The molecule has 4 saturated carbocycles. The van der Waals surface area contributed by atoms with E-state index in [1.54, 1.807) is 0 Å². The van der Waals surface area contributed by atoms with Crippen molar-refractivity contribution in [2.75, 3.05) is 13.2 Å². The summed E-state index contributed by atoms with van der Waals surface area (Å²) in [5.41, 5.74) is 0.172. The molecule has 0 aromatic carbocycles. The van der Waals surface area contributed by atoms with Gasteiger partial charge in [-0.1, -0.05) is 6.92 Å². The lowest BCUT2D eigenvalue weighted by atomic mass is 9.44. The van der Waals surface area contributed by atoms with Crippen LogP contribution in [0.4, 0.5) is 0 Å². The first-order valence-corrected chi connectivity index (χ1v) is 7.52. The van der Waals surface area contributed by atoms with Crippen molar-refractivity contribution >= 4 is 5.91 Å². The van der Waals surface area contributed by atoms with Gasteiger partial charge in [-0.15, -0.1) is 0 Å². The highest BCUT2D eigenvalue weighted by Crippen LogP contribution is 2.65. The highest BCUT2D eigenvalue weighted by atomic mass is 16.3. The molecule has 3 N–H and O–H groups in total. The Morgan fingerprint density at radius 1 is 1.32 bits per heavy atom. The number of carbonyl (C=O) groups is 1. The highest BCUT2D eigenvalue weighted by Gasteiger charge is 2.58. The van der Waals surface area contributed by atoms with Crippen LogP contribution in [0.25, 0.3) is 0 Å².